The first-order valence-electron chi connectivity index (χ1n) is 13.2. The van der Waals surface area contributed by atoms with Crippen LogP contribution in [0, 0.1) is 0 Å². The Kier molecular flexibility index (Phi) is 7.72. The monoisotopic (exact) mass is 555 g/mol. The molecule has 0 radical (unpaired) electrons. The first-order chi connectivity index (χ1) is 19.8. The van der Waals surface area contributed by atoms with Crippen molar-refractivity contribution >= 4 is 40.2 Å². The van der Waals surface area contributed by atoms with Crippen molar-refractivity contribution in [3.63, 3.8) is 0 Å². The van der Waals surface area contributed by atoms with Crippen LogP contribution in [0.15, 0.2) is 161 Å². The molecule has 0 amide bonds. The molecule has 5 aromatic carbocycles. The number of benzene rings is 5. The fraction of sp³-hybridized carbons (Fsp3) is 0.0286. The summed E-state index contributed by atoms with van der Waals surface area (Å²) in [5.74, 6) is 1.29. The summed E-state index contributed by atoms with van der Waals surface area (Å²) < 4.78 is 0. The summed E-state index contributed by atoms with van der Waals surface area (Å²) in [6.45, 7) is 0. The van der Waals surface area contributed by atoms with E-state index in [9.17, 15) is 4.79 Å². The van der Waals surface area contributed by atoms with Gasteiger partial charge in [-0.1, -0.05) is 127 Å². The molecule has 0 fully saturated rings. The molecule has 0 bridgehead atoms. The number of hydrogen-bond donors (Lipinski definition) is 1. The zero-order valence-corrected chi connectivity index (χ0v) is 23.6. The Morgan fingerprint density at radius 2 is 1.00 bits per heavy atom. The maximum Gasteiger partial charge on any atom is 0.296 e. The summed E-state index contributed by atoms with van der Waals surface area (Å²) in [5.41, 5.74) is 1.97. The molecule has 0 unspecified atom stereocenters. The van der Waals surface area contributed by atoms with Gasteiger partial charge in [0.05, 0.1) is 0 Å². The van der Waals surface area contributed by atoms with Gasteiger partial charge in [0.25, 0.3) is 5.56 Å². The minimum Gasteiger partial charge on any atom is -0.303 e. The second kappa shape index (κ2) is 11.9. The van der Waals surface area contributed by atoms with Crippen LogP contribution in [0.25, 0.3) is 11.4 Å². The van der Waals surface area contributed by atoms with Crippen LogP contribution in [0.1, 0.15) is 5.56 Å². The SMILES string of the molecule is O=c1[nH]c(-c2ccccc2)nc(SCc2ccccc2)c1[P+](c1ccccc1)(c1ccccc1)c1ccccc1. The van der Waals surface area contributed by atoms with E-state index in [1.54, 1.807) is 11.8 Å². The summed E-state index contributed by atoms with van der Waals surface area (Å²) in [5, 5.41) is 4.85. The topological polar surface area (TPSA) is 45.8 Å². The van der Waals surface area contributed by atoms with E-state index < -0.39 is 7.26 Å². The van der Waals surface area contributed by atoms with Gasteiger partial charge in [0, 0.05) is 11.3 Å². The molecular weight excluding hydrogens is 527 g/mol. The van der Waals surface area contributed by atoms with Crippen LogP contribution in [-0.2, 0) is 5.75 Å². The molecule has 0 atom stereocenters. The highest BCUT2D eigenvalue weighted by molar-refractivity contribution is 8.04. The number of H-pyrrole nitrogens is 1. The van der Waals surface area contributed by atoms with Gasteiger partial charge in [0.2, 0.25) is 5.30 Å². The normalized spacial score (nSPS) is 11.3. The van der Waals surface area contributed by atoms with Gasteiger partial charge in [-0.15, -0.1) is 0 Å². The summed E-state index contributed by atoms with van der Waals surface area (Å²) in [6, 6.07) is 51.6. The first-order valence-corrected chi connectivity index (χ1v) is 16.0. The van der Waals surface area contributed by atoms with Gasteiger partial charge in [0.15, 0.2) is 7.26 Å². The number of hydrogen-bond acceptors (Lipinski definition) is 3. The van der Waals surface area contributed by atoms with Gasteiger partial charge in [-0.3, -0.25) is 4.79 Å². The molecule has 1 aromatic heterocycles. The summed E-state index contributed by atoms with van der Waals surface area (Å²) in [6.07, 6.45) is 0. The third-order valence-corrected chi connectivity index (χ3v) is 12.4. The highest BCUT2D eigenvalue weighted by Gasteiger charge is 2.52. The minimum atomic E-state index is -2.64. The number of rotatable bonds is 8. The van der Waals surface area contributed by atoms with E-state index >= 15 is 0 Å². The zero-order valence-electron chi connectivity index (χ0n) is 21.9. The van der Waals surface area contributed by atoms with Crippen LogP contribution in [0.2, 0.25) is 0 Å². The first kappa shape index (κ1) is 26.0. The average molecular weight is 556 g/mol. The molecule has 6 rings (SSSR count). The van der Waals surface area contributed by atoms with Crippen molar-refractivity contribution in [3.8, 4) is 11.4 Å². The van der Waals surface area contributed by atoms with E-state index in [0.29, 0.717) is 11.6 Å². The summed E-state index contributed by atoms with van der Waals surface area (Å²) in [7, 11) is -2.64. The quantitative estimate of drug-likeness (QED) is 0.135. The van der Waals surface area contributed by atoms with Crippen LogP contribution in [0.5, 0.6) is 0 Å². The number of aromatic amines is 1. The molecule has 3 nitrogen and oxygen atoms in total. The van der Waals surface area contributed by atoms with Gasteiger partial charge in [-0.05, 0) is 42.0 Å². The Balaban J connectivity index is 1.69. The summed E-state index contributed by atoms with van der Waals surface area (Å²) >= 11 is 1.63. The van der Waals surface area contributed by atoms with Crippen LogP contribution in [0.3, 0.4) is 0 Å². The van der Waals surface area contributed by atoms with Crippen molar-refractivity contribution in [2.24, 2.45) is 0 Å². The smallest absolute Gasteiger partial charge is 0.296 e. The van der Waals surface area contributed by atoms with Crippen molar-refractivity contribution in [2.45, 2.75) is 10.8 Å². The minimum absolute atomic E-state index is 0.102. The van der Waals surface area contributed by atoms with Crippen LogP contribution in [-0.4, -0.2) is 9.97 Å². The van der Waals surface area contributed by atoms with E-state index in [2.05, 4.69) is 89.9 Å². The van der Waals surface area contributed by atoms with Gasteiger partial charge >= 0.3 is 0 Å². The maximum absolute atomic E-state index is 14.5. The lowest BCUT2D eigenvalue weighted by Gasteiger charge is -2.28. The number of nitrogens with zero attached hydrogens (tertiary/aromatic N) is 1. The van der Waals surface area contributed by atoms with Crippen molar-refractivity contribution < 1.29 is 0 Å². The predicted octanol–water partition coefficient (Wildman–Crippen LogP) is 6.35. The molecule has 5 heteroatoms. The van der Waals surface area contributed by atoms with Crippen molar-refractivity contribution in [2.75, 3.05) is 0 Å². The molecule has 0 saturated carbocycles. The average Bonchev–Trinajstić information content (AvgIpc) is 3.03. The Bertz CT molecular complexity index is 1650. The molecule has 6 aromatic rings. The Hall–Kier alpha value is -4.24. The zero-order chi connectivity index (χ0) is 27.2. The van der Waals surface area contributed by atoms with Crippen LogP contribution in [0.4, 0.5) is 0 Å². The van der Waals surface area contributed by atoms with Gasteiger partial charge < -0.3 is 4.98 Å². The van der Waals surface area contributed by atoms with E-state index in [0.717, 1.165) is 31.8 Å². The summed E-state index contributed by atoms with van der Waals surface area (Å²) in [4.78, 5) is 22.9. The highest BCUT2D eigenvalue weighted by atomic mass is 32.2. The standard InChI is InChI=1S/C35H27N2OPS/c38-34-32(35(40-26-27-16-6-1-7-17-27)37-33(36-34)28-18-8-2-9-19-28)39(29-20-10-3-11-21-29,30-22-12-4-13-23-30)31-24-14-5-15-25-31/h1-25H,26H2/p+1. The molecule has 0 spiro atoms. The van der Waals surface area contributed by atoms with Gasteiger partial charge in [0.1, 0.15) is 26.8 Å². The molecule has 1 heterocycles. The highest BCUT2D eigenvalue weighted by Crippen LogP contribution is 2.54. The fourth-order valence-corrected chi connectivity index (χ4v) is 10.8. The molecule has 0 aliphatic carbocycles. The second-order valence-electron chi connectivity index (χ2n) is 9.39. The van der Waals surface area contributed by atoms with Crippen LogP contribution >= 0.6 is 19.0 Å². The number of aromatic nitrogens is 2. The third kappa shape index (κ3) is 5.04. The molecule has 1 N–H and O–H groups in total. The molecule has 0 saturated heterocycles. The van der Waals surface area contributed by atoms with Crippen molar-refractivity contribution in [1.82, 2.24) is 9.97 Å². The van der Waals surface area contributed by atoms with E-state index in [1.165, 1.54) is 5.56 Å². The largest absolute Gasteiger partial charge is 0.303 e. The Morgan fingerprint density at radius 1 is 0.575 bits per heavy atom. The molecule has 0 aliphatic rings. The van der Waals surface area contributed by atoms with E-state index in [1.807, 2.05) is 66.7 Å². The number of thioether (sulfide) groups is 1. The lowest BCUT2D eigenvalue weighted by atomic mass is 10.2. The molecular formula is C35H28N2OPS+. The predicted molar refractivity (Wildman–Crippen MR) is 171 cm³/mol. The Labute approximate surface area is 239 Å². The van der Waals surface area contributed by atoms with Crippen LogP contribution < -0.4 is 26.8 Å². The molecule has 0 aliphatic heterocycles. The van der Waals surface area contributed by atoms with Crippen molar-refractivity contribution in [1.29, 1.82) is 0 Å². The number of nitrogens with one attached hydrogen (secondary N) is 1. The third-order valence-electron chi connectivity index (χ3n) is 6.89. The maximum atomic E-state index is 14.5. The van der Waals surface area contributed by atoms with E-state index in [-0.39, 0.29) is 5.56 Å². The lowest BCUT2D eigenvalue weighted by molar-refractivity contribution is 1.05. The van der Waals surface area contributed by atoms with Gasteiger partial charge in [-0.2, -0.15) is 0 Å². The molecule has 40 heavy (non-hydrogen) atoms. The van der Waals surface area contributed by atoms with Crippen molar-refractivity contribution in [3.05, 3.63) is 168 Å². The molecule has 194 valence electrons. The van der Waals surface area contributed by atoms with E-state index in [4.69, 9.17) is 4.98 Å². The Morgan fingerprint density at radius 3 is 1.48 bits per heavy atom. The fourth-order valence-electron chi connectivity index (χ4n) is 5.09. The lowest BCUT2D eigenvalue weighted by Crippen LogP contribution is -2.46. The second-order valence-corrected chi connectivity index (χ2v) is 13.7. The van der Waals surface area contributed by atoms with Gasteiger partial charge in [-0.25, -0.2) is 4.98 Å².